The second kappa shape index (κ2) is 8.33. The van der Waals surface area contributed by atoms with Gasteiger partial charge in [0.2, 0.25) is 5.95 Å². The summed E-state index contributed by atoms with van der Waals surface area (Å²) in [5.41, 5.74) is 1.37. The van der Waals surface area contributed by atoms with Gasteiger partial charge < -0.3 is 15.7 Å². The monoisotopic (exact) mass is 412 g/mol. The van der Waals surface area contributed by atoms with Crippen LogP contribution in [0.1, 0.15) is 0 Å². The number of nitrogens with one attached hydrogen (secondary N) is 3. The second-order valence-electron chi connectivity index (χ2n) is 6.08. The fourth-order valence-electron chi connectivity index (χ4n) is 2.74. The lowest BCUT2D eigenvalue weighted by Gasteiger charge is -2.08. The van der Waals surface area contributed by atoms with E-state index in [1.165, 1.54) is 12.1 Å². The highest BCUT2D eigenvalue weighted by atomic mass is 32.2. The number of aliphatic hydroxyl groups is 1. The molecule has 0 bridgehead atoms. The first-order valence-corrected chi connectivity index (χ1v) is 10.0. The first-order chi connectivity index (χ1) is 14.1. The van der Waals surface area contributed by atoms with Gasteiger partial charge in [0, 0.05) is 22.2 Å². The van der Waals surface area contributed by atoms with Gasteiger partial charge in [0.25, 0.3) is 0 Å². The Hall–Kier alpha value is -3.37. The van der Waals surface area contributed by atoms with Gasteiger partial charge in [-0.1, -0.05) is 6.07 Å². The molecule has 2 heterocycles. The van der Waals surface area contributed by atoms with E-state index in [2.05, 4.69) is 30.8 Å². The highest BCUT2D eigenvalue weighted by Gasteiger charge is 2.09. The summed E-state index contributed by atoms with van der Waals surface area (Å²) in [5.74, 6) is 1.07. The lowest BCUT2D eigenvalue weighted by molar-refractivity contribution is 0.321. The standard InChI is InChI=1S/C19H17FN6O2S/c20-12-4-5-16-15(10-12)18(26-25-16)23-17-6-7-21-19(24-17)22-13-2-1-3-14(11-13)29(28)9-8-27/h1-7,10-11,27H,8-9H2,(H3,21,22,23,24,25,26). The minimum Gasteiger partial charge on any atom is -0.395 e. The van der Waals surface area contributed by atoms with Crippen LogP contribution in [0, 0.1) is 5.82 Å². The van der Waals surface area contributed by atoms with Crippen molar-refractivity contribution in [1.29, 1.82) is 0 Å². The van der Waals surface area contributed by atoms with E-state index in [4.69, 9.17) is 5.11 Å². The summed E-state index contributed by atoms with van der Waals surface area (Å²) in [5, 5.41) is 22.7. The Labute approximate surface area is 167 Å². The maximum absolute atomic E-state index is 13.5. The molecule has 0 radical (unpaired) electrons. The molecule has 0 aliphatic rings. The molecular weight excluding hydrogens is 395 g/mol. The minimum absolute atomic E-state index is 0.146. The number of rotatable bonds is 7. The molecular formula is C19H17FN6O2S. The highest BCUT2D eigenvalue weighted by Crippen LogP contribution is 2.24. The lowest BCUT2D eigenvalue weighted by Crippen LogP contribution is -2.04. The molecule has 1 unspecified atom stereocenters. The van der Waals surface area contributed by atoms with Crippen LogP contribution in [-0.4, -0.2) is 41.8 Å². The molecule has 8 nitrogen and oxygen atoms in total. The topological polar surface area (TPSA) is 116 Å². The molecule has 0 amide bonds. The van der Waals surface area contributed by atoms with Crippen LogP contribution in [-0.2, 0) is 10.8 Å². The number of aromatic amines is 1. The number of hydrogen-bond donors (Lipinski definition) is 4. The predicted molar refractivity (Wildman–Crippen MR) is 109 cm³/mol. The maximum Gasteiger partial charge on any atom is 0.229 e. The minimum atomic E-state index is -1.28. The number of anilines is 4. The van der Waals surface area contributed by atoms with E-state index in [1.807, 2.05) is 0 Å². The zero-order valence-electron chi connectivity index (χ0n) is 15.1. The van der Waals surface area contributed by atoms with Crippen LogP contribution < -0.4 is 10.6 Å². The van der Waals surface area contributed by atoms with Gasteiger partial charge in [0.1, 0.15) is 11.6 Å². The van der Waals surface area contributed by atoms with Gasteiger partial charge in [-0.15, -0.1) is 0 Å². The van der Waals surface area contributed by atoms with Crippen molar-refractivity contribution in [3.05, 3.63) is 60.5 Å². The maximum atomic E-state index is 13.5. The van der Waals surface area contributed by atoms with Crippen molar-refractivity contribution in [1.82, 2.24) is 20.2 Å². The van der Waals surface area contributed by atoms with Crippen molar-refractivity contribution in [2.75, 3.05) is 23.0 Å². The average molecular weight is 412 g/mol. The van der Waals surface area contributed by atoms with Crippen molar-refractivity contribution in [2.24, 2.45) is 0 Å². The third-order valence-corrected chi connectivity index (χ3v) is 5.39. The molecule has 2 aromatic heterocycles. The Bertz CT molecular complexity index is 1180. The molecule has 148 valence electrons. The molecule has 0 aliphatic heterocycles. The molecule has 1 atom stereocenters. The van der Waals surface area contributed by atoms with Crippen molar-refractivity contribution in [3.63, 3.8) is 0 Å². The first kappa shape index (κ1) is 19.0. The SMILES string of the molecule is O=S(CCO)c1cccc(Nc2nccc(Nc3n[nH]c4ccc(F)cc34)n2)c1. The summed E-state index contributed by atoms with van der Waals surface area (Å²) in [7, 11) is -1.28. The molecule has 10 heteroatoms. The number of aliphatic hydroxyl groups excluding tert-OH is 1. The Balaban J connectivity index is 1.54. The van der Waals surface area contributed by atoms with E-state index < -0.39 is 10.8 Å². The smallest absolute Gasteiger partial charge is 0.229 e. The van der Waals surface area contributed by atoms with Crippen LogP contribution in [0.15, 0.2) is 59.6 Å². The van der Waals surface area contributed by atoms with Crippen LogP contribution in [0.3, 0.4) is 0 Å². The number of aromatic nitrogens is 4. The summed E-state index contributed by atoms with van der Waals surface area (Å²) in [6.45, 7) is -0.146. The number of hydrogen-bond acceptors (Lipinski definition) is 7. The molecule has 2 aromatic carbocycles. The van der Waals surface area contributed by atoms with E-state index in [1.54, 1.807) is 42.6 Å². The van der Waals surface area contributed by atoms with E-state index in [0.717, 1.165) is 0 Å². The van der Waals surface area contributed by atoms with Crippen molar-refractivity contribution >= 4 is 45.0 Å². The van der Waals surface area contributed by atoms with Gasteiger partial charge in [0.15, 0.2) is 5.82 Å². The molecule has 4 rings (SSSR count). The molecule has 0 saturated carbocycles. The van der Waals surface area contributed by atoms with Gasteiger partial charge in [0.05, 0.1) is 28.7 Å². The fraction of sp³-hybridized carbons (Fsp3) is 0.105. The van der Waals surface area contributed by atoms with Gasteiger partial charge in [-0.25, -0.2) is 9.37 Å². The van der Waals surface area contributed by atoms with E-state index in [9.17, 15) is 8.60 Å². The zero-order valence-corrected chi connectivity index (χ0v) is 15.9. The van der Waals surface area contributed by atoms with Crippen LogP contribution in [0.2, 0.25) is 0 Å². The third kappa shape index (κ3) is 4.39. The van der Waals surface area contributed by atoms with Crippen LogP contribution in [0.25, 0.3) is 10.9 Å². The highest BCUT2D eigenvalue weighted by molar-refractivity contribution is 7.85. The molecule has 29 heavy (non-hydrogen) atoms. The van der Waals surface area contributed by atoms with E-state index >= 15 is 0 Å². The van der Waals surface area contributed by atoms with Crippen LogP contribution in [0.5, 0.6) is 0 Å². The van der Waals surface area contributed by atoms with Crippen molar-refractivity contribution in [3.8, 4) is 0 Å². The molecule has 0 fully saturated rings. The van der Waals surface area contributed by atoms with E-state index in [-0.39, 0.29) is 18.2 Å². The Morgan fingerprint density at radius 3 is 2.90 bits per heavy atom. The Morgan fingerprint density at radius 1 is 1.14 bits per heavy atom. The molecule has 4 aromatic rings. The number of nitrogens with zero attached hydrogens (tertiary/aromatic N) is 3. The predicted octanol–water partition coefficient (Wildman–Crippen LogP) is 3.08. The number of halogens is 1. The Morgan fingerprint density at radius 2 is 2.03 bits per heavy atom. The summed E-state index contributed by atoms with van der Waals surface area (Å²) in [4.78, 5) is 9.17. The summed E-state index contributed by atoms with van der Waals surface area (Å²) in [6, 6.07) is 13.0. The summed E-state index contributed by atoms with van der Waals surface area (Å²) in [6.07, 6.45) is 1.57. The van der Waals surface area contributed by atoms with Crippen molar-refractivity contribution < 1.29 is 13.7 Å². The van der Waals surface area contributed by atoms with Gasteiger partial charge >= 0.3 is 0 Å². The summed E-state index contributed by atoms with van der Waals surface area (Å²) >= 11 is 0. The first-order valence-electron chi connectivity index (χ1n) is 8.72. The molecule has 0 aliphatic carbocycles. The van der Waals surface area contributed by atoms with Gasteiger partial charge in [-0.3, -0.25) is 9.31 Å². The zero-order chi connectivity index (χ0) is 20.2. The third-order valence-electron chi connectivity index (χ3n) is 4.06. The number of fused-ring (bicyclic) bond motifs is 1. The number of benzene rings is 2. The van der Waals surface area contributed by atoms with Gasteiger partial charge in [-0.05, 0) is 42.5 Å². The lowest BCUT2D eigenvalue weighted by atomic mass is 10.2. The van der Waals surface area contributed by atoms with Crippen LogP contribution in [0.4, 0.5) is 27.7 Å². The fourth-order valence-corrected chi connectivity index (χ4v) is 3.63. The quantitative estimate of drug-likeness (QED) is 0.369. The molecule has 0 saturated heterocycles. The number of H-pyrrole nitrogens is 1. The van der Waals surface area contributed by atoms with Crippen LogP contribution >= 0.6 is 0 Å². The van der Waals surface area contributed by atoms with Gasteiger partial charge in [-0.2, -0.15) is 10.1 Å². The normalized spacial score (nSPS) is 12.1. The summed E-state index contributed by atoms with van der Waals surface area (Å²) < 4.78 is 25.6. The van der Waals surface area contributed by atoms with E-state index in [0.29, 0.717) is 39.1 Å². The average Bonchev–Trinajstić information content (AvgIpc) is 3.10. The molecule has 4 N–H and O–H groups in total. The Kier molecular flexibility index (Phi) is 5.45. The largest absolute Gasteiger partial charge is 0.395 e. The molecule has 0 spiro atoms. The van der Waals surface area contributed by atoms with Crippen molar-refractivity contribution in [2.45, 2.75) is 4.90 Å². The second-order valence-corrected chi connectivity index (χ2v) is 7.65.